The van der Waals surface area contributed by atoms with Crippen LogP contribution in [0, 0.1) is 0 Å². The van der Waals surface area contributed by atoms with E-state index in [9.17, 15) is 14.4 Å². The van der Waals surface area contributed by atoms with Gasteiger partial charge in [-0.25, -0.2) is 4.79 Å². The number of halogens is 3. The third kappa shape index (κ3) is 6.38. The van der Waals surface area contributed by atoms with Crippen LogP contribution in [0.3, 0.4) is 0 Å². The highest BCUT2D eigenvalue weighted by atomic mass is 79.9. The summed E-state index contributed by atoms with van der Waals surface area (Å²) in [6.07, 6.45) is 1.58. The van der Waals surface area contributed by atoms with Gasteiger partial charge in [-0.15, -0.1) is 0 Å². The van der Waals surface area contributed by atoms with Gasteiger partial charge in [0, 0.05) is 4.47 Å². The fourth-order valence-electron chi connectivity index (χ4n) is 3.35. The number of methoxy groups -OCH3 is 1. The Bertz CT molecular complexity index is 1410. The van der Waals surface area contributed by atoms with Crippen LogP contribution < -0.4 is 14.2 Å². The molecule has 0 aromatic heterocycles. The number of amides is 2. The zero-order valence-electron chi connectivity index (χ0n) is 19.2. The first-order chi connectivity index (χ1) is 17.8. The normalized spacial score (nSPS) is 14.3. The number of thioether (sulfide) groups is 1. The Morgan fingerprint density at radius 3 is 2.49 bits per heavy atom. The van der Waals surface area contributed by atoms with E-state index in [4.69, 9.17) is 25.8 Å². The molecule has 7 nitrogen and oxygen atoms in total. The van der Waals surface area contributed by atoms with Crippen LogP contribution in [-0.2, 0) is 4.79 Å². The first-order valence-electron chi connectivity index (χ1n) is 10.8. The summed E-state index contributed by atoms with van der Waals surface area (Å²) >= 11 is 13.7. The number of benzene rings is 3. The largest absolute Gasteiger partial charge is 0.493 e. The van der Waals surface area contributed by atoms with Crippen LogP contribution in [-0.4, -0.2) is 42.3 Å². The Balaban J connectivity index is 1.48. The quantitative estimate of drug-likeness (QED) is 0.143. The van der Waals surface area contributed by atoms with Crippen molar-refractivity contribution >= 4 is 78.4 Å². The molecule has 190 valence electrons. The second kappa shape index (κ2) is 12.2. The smallest absolute Gasteiger partial charge is 0.344 e. The first-order valence-corrected chi connectivity index (χ1v) is 13.5. The maximum Gasteiger partial charge on any atom is 0.344 e. The SMILES string of the molecule is COc1cc(/C=C2\SC(=O)N(CCOc3ccccc3Cl)C2=O)cc(Br)c1OC(=O)c1ccccc1Br. The van der Waals surface area contributed by atoms with E-state index < -0.39 is 17.1 Å². The molecule has 0 spiro atoms. The topological polar surface area (TPSA) is 82.1 Å². The van der Waals surface area contributed by atoms with E-state index in [-0.39, 0.29) is 29.6 Å². The van der Waals surface area contributed by atoms with Crippen molar-refractivity contribution in [2.45, 2.75) is 0 Å². The van der Waals surface area contributed by atoms with Crippen LogP contribution in [0.4, 0.5) is 4.79 Å². The Kier molecular flexibility index (Phi) is 8.96. The predicted molar refractivity (Wildman–Crippen MR) is 149 cm³/mol. The summed E-state index contributed by atoms with van der Waals surface area (Å²) in [7, 11) is 1.44. The lowest BCUT2D eigenvalue weighted by molar-refractivity contribution is -0.123. The van der Waals surface area contributed by atoms with Crippen molar-refractivity contribution in [1.29, 1.82) is 0 Å². The minimum absolute atomic E-state index is 0.0736. The van der Waals surface area contributed by atoms with Gasteiger partial charge >= 0.3 is 5.97 Å². The number of esters is 1. The van der Waals surface area contributed by atoms with Crippen molar-refractivity contribution in [2.24, 2.45) is 0 Å². The summed E-state index contributed by atoms with van der Waals surface area (Å²) in [4.78, 5) is 39.4. The Morgan fingerprint density at radius 2 is 1.76 bits per heavy atom. The Labute approximate surface area is 239 Å². The number of hydrogen-bond acceptors (Lipinski definition) is 7. The van der Waals surface area contributed by atoms with Crippen LogP contribution in [0.25, 0.3) is 6.08 Å². The lowest BCUT2D eigenvalue weighted by Crippen LogP contribution is -2.32. The van der Waals surface area contributed by atoms with Gasteiger partial charge in [0.2, 0.25) is 0 Å². The Morgan fingerprint density at radius 1 is 1.03 bits per heavy atom. The fraction of sp³-hybridized carbons (Fsp3) is 0.115. The van der Waals surface area contributed by atoms with Gasteiger partial charge < -0.3 is 14.2 Å². The number of hydrogen-bond donors (Lipinski definition) is 0. The molecule has 0 atom stereocenters. The molecule has 0 N–H and O–H groups in total. The average molecular weight is 668 g/mol. The van der Waals surface area contributed by atoms with E-state index >= 15 is 0 Å². The van der Waals surface area contributed by atoms with E-state index in [0.717, 1.165) is 16.7 Å². The van der Waals surface area contributed by atoms with Crippen molar-refractivity contribution in [3.8, 4) is 17.2 Å². The third-order valence-electron chi connectivity index (χ3n) is 5.12. The molecule has 1 heterocycles. The van der Waals surface area contributed by atoms with Gasteiger partial charge in [0.05, 0.1) is 33.6 Å². The zero-order chi connectivity index (χ0) is 26.5. The van der Waals surface area contributed by atoms with Gasteiger partial charge in [0.15, 0.2) is 11.5 Å². The monoisotopic (exact) mass is 665 g/mol. The van der Waals surface area contributed by atoms with Gasteiger partial charge in [-0.2, -0.15) is 0 Å². The summed E-state index contributed by atoms with van der Waals surface area (Å²) in [5.41, 5.74) is 0.926. The highest BCUT2D eigenvalue weighted by Crippen LogP contribution is 2.39. The summed E-state index contributed by atoms with van der Waals surface area (Å²) in [6.45, 7) is 0.177. The zero-order valence-corrected chi connectivity index (χ0v) is 23.9. The standard InChI is InChI=1S/C26H18Br2ClNO6S/c1-34-21-13-15(12-18(28)23(21)36-25(32)16-6-2-3-7-17(16)27)14-22-24(31)30(26(33)37-22)10-11-35-20-9-5-4-8-19(20)29/h2-9,12-14H,10-11H2,1H3/b22-14-. The number of nitrogens with zero attached hydrogens (tertiary/aromatic N) is 1. The molecule has 0 bridgehead atoms. The molecule has 3 aromatic rings. The van der Waals surface area contributed by atoms with Crippen LogP contribution in [0.2, 0.25) is 5.02 Å². The van der Waals surface area contributed by atoms with Crippen molar-refractivity contribution in [3.63, 3.8) is 0 Å². The van der Waals surface area contributed by atoms with Gasteiger partial charge in [-0.05, 0) is 91.7 Å². The minimum atomic E-state index is -0.570. The number of imide groups is 1. The van der Waals surface area contributed by atoms with Crippen LogP contribution in [0.1, 0.15) is 15.9 Å². The maximum atomic E-state index is 12.9. The van der Waals surface area contributed by atoms with Crippen molar-refractivity contribution < 1.29 is 28.6 Å². The van der Waals surface area contributed by atoms with E-state index in [1.54, 1.807) is 66.7 Å². The van der Waals surface area contributed by atoms with Gasteiger partial charge in [-0.1, -0.05) is 35.9 Å². The maximum absolute atomic E-state index is 12.9. The molecule has 0 aliphatic carbocycles. The van der Waals surface area contributed by atoms with Crippen molar-refractivity contribution in [2.75, 3.05) is 20.3 Å². The summed E-state index contributed by atoms with van der Waals surface area (Å²) in [5, 5.41) is 0.0469. The minimum Gasteiger partial charge on any atom is -0.493 e. The lowest BCUT2D eigenvalue weighted by atomic mass is 10.1. The average Bonchev–Trinajstić information content (AvgIpc) is 3.14. The second-order valence-electron chi connectivity index (χ2n) is 7.52. The molecule has 11 heteroatoms. The van der Waals surface area contributed by atoms with Crippen molar-refractivity contribution in [3.05, 3.63) is 90.7 Å². The highest BCUT2D eigenvalue weighted by Gasteiger charge is 2.35. The first kappa shape index (κ1) is 27.3. The van der Waals surface area contributed by atoms with Gasteiger partial charge in [0.25, 0.3) is 11.1 Å². The number of para-hydroxylation sites is 1. The number of rotatable bonds is 8. The number of carbonyl (C=O) groups is 3. The van der Waals surface area contributed by atoms with Gasteiger partial charge in [-0.3, -0.25) is 14.5 Å². The molecule has 0 saturated carbocycles. The molecule has 1 aliphatic rings. The molecule has 37 heavy (non-hydrogen) atoms. The number of carbonyl (C=O) groups excluding carboxylic acids is 3. The molecule has 3 aromatic carbocycles. The molecule has 1 fully saturated rings. The van der Waals surface area contributed by atoms with E-state index in [0.29, 0.717) is 30.8 Å². The molecule has 1 aliphatic heterocycles. The van der Waals surface area contributed by atoms with Crippen LogP contribution in [0.15, 0.2) is 74.5 Å². The van der Waals surface area contributed by atoms with Crippen LogP contribution in [0.5, 0.6) is 17.2 Å². The van der Waals surface area contributed by atoms with E-state index in [2.05, 4.69) is 31.9 Å². The van der Waals surface area contributed by atoms with Crippen LogP contribution >= 0.6 is 55.2 Å². The molecule has 4 rings (SSSR count). The summed E-state index contributed by atoms with van der Waals surface area (Å²) < 4.78 is 17.6. The summed E-state index contributed by atoms with van der Waals surface area (Å²) in [5.74, 6) is -0.0701. The predicted octanol–water partition coefficient (Wildman–Crippen LogP) is 7.21. The summed E-state index contributed by atoms with van der Waals surface area (Å²) in [6, 6.07) is 17.1. The molecule has 2 amide bonds. The van der Waals surface area contributed by atoms with Gasteiger partial charge in [0.1, 0.15) is 12.4 Å². The molecular formula is C26H18Br2ClNO6S. The second-order valence-corrected chi connectivity index (χ2v) is 10.6. The van der Waals surface area contributed by atoms with Crippen molar-refractivity contribution in [1.82, 2.24) is 4.90 Å². The molecule has 1 saturated heterocycles. The number of ether oxygens (including phenoxy) is 3. The Hall–Kier alpha value is -2.79. The molecule has 0 radical (unpaired) electrons. The third-order valence-corrected chi connectivity index (χ3v) is 7.62. The fourth-order valence-corrected chi connectivity index (χ4v) is 5.39. The highest BCUT2D eigenvalue weighted by molar-refractivity contribution is 9.10. The molecule has 0 unspecified atom stereocenters. The van der Waals surface area contributed by atoms with E-state index in [1.165, 1.54) is 7.11 Å². The molecular weight excluding hydrogens is 650 g/mol. The van der Waals surface area contributed by atoms with E-state index in [1.807, 2.05) is 0 Å². The lowest BCUT2D eigenvalue weighted by Gasteiger charge is -2.14.